The standard InChI is InChI=1S/C67H40N2O3/c1-6-21-49-44(16-1)45-17-2-7-22-50(45)66(49)53-25-10-13-29-60(53)71-62-36-32-41(38-55(62)66)57-35-33-43(40-68-57)69(58-27-15-31-64-65(58)48-20-5-12-28-59(48)70-64)42-34-37-63-56(39-42)67(54-26-11-14-30-61(54)72-63)51-23-8-3-18-46(51)47-19-4-9-24-52(47)67/h1-40H. The molecule has 2 aliphatic carbocycles. The summed E-state index contributed by atoms with van der Waals surface area (Å²) in [5, 5.41) is 2.07. The van der Waals surface area contributed by atoms with Crippen molar-refractivity contribution in [2.24, 2.45) is 0 Å². The number of para-hydroxylation sites is 3. The average molecular weight is 921 g/mol. The number of rotatable bonds is 4. The highest BCUT2D eigenvalue weighted by molar-refractivity contribution is 6.13. The molecule has 4 aliphatic rings. The number of hydrogen-bond acceptors (Lipinski definition) is 5. The third-order valence-electron chi connectivity index (χ3n) is 15.9. The van der Waals surface area contributed by atoms with E-state index in [-0.39, 0.29) is 0 Å². The fraction of sp³-hybridized carbons (Fsp3) is 0.0299. The van der Waals surface area contributed by atoms with Crippen LogP contribution in [-0.2, 0) is 10.8 Å². The average Bonchev–Trinajstić information content (AvgIpc) is 4.07. The Balaban J connectivity index is 0.897. The number of benzene rings is 10. The van der Waals surface area contributed by atoms with Crippen molar-refractivity contribution in [3.05, 3.63) is 287 Å². The Morgan fingerprint density at radius 3 is 1.40 bits per heavy atom. The van der Waals surface area contributed by atoms with Crippen molar-refractivity contribution < 1.29 is 13.9 Å². The first-order chi connectivity index (χ1) is 35.7. The van der Waals surface area contributed by atoms with Crippen molar-refractivity contribution in [3.8, 4) is 56.5 Å². The fourth-order valence-electron chi connectivity index (χ4n) is 13.1. The van der Waals surface area contributed by atoms with Gasteiger partial charge in [-0.25, -0.2) is 0 Å². The zero-order valence-electron chi connectivity index (χ0n) is 38.7. The number of hydrogen-bond donors (Lipinski definition) is 0. The highest BCUT2D eigenvalue weighted by Crippen LogP contribution is 2.64. The molecular formula is C67H40N2O3. The van der Waals surface area contributed by atoms with Gasteiger partial charge in [-0.15, -0.1) is 0 Å². The van der Waals surface area contributed by atoms with Gasteiger partial charge in [0, 0.05) is 38.9 Å². The highest BCUT2D eigenvalue weighted by Gasteiger charge is 2.52. The summed E-state index contributed by atoms with van der Waals surface area (Å²) in [6.45, 7) is 0. The van der Waals surface area contributed by atoms with Crippen LogP contribution in [0.5, 0.6) is 23.0 Å². The molecule has 2 spiro atoms. The van der Waals surface area contributed by atoms with Crippen molar-refractivity contribution >= 4 is 39.0 Å². The van der Waals surface area contributed by atoms with E-state index in [0.29, 0.717) is 0 Å². The summed E-state index contributed by atoms with van der Waals surface area (Å²) in [6.07, 6.45) is 2.01. The maximum Gasteiger partial charge on any atom is 0.137 e. The largest absolute Gasteiger partial charge is 0.457 e. The van der Waals surface area contributed by atoms with Crippen LogP contribution in [0.3, 0.4) is 0 Å². The summed E-state index contributed by atoms with van der Waals surface area (Å²) in [5.74, 6) is 3.41. The van der Waals surface area contributed by atoms with Crippen LogP contribution in [0, 0.1) is 0 Å². The molecule has 0 saturated heterocycles. The molecule has 4 heterocycles. The van der Waals surface area contributed by atoms with E-state index in [0.717, 1.165) is 95.5 Å². The topological polar surface area (TPSA) is 47.7 Å². The number of aromatic nitrogens is 1. The van der Waals surface area contributed by atoms with E-state index in [4.69, 9.17) is 18.9 Å². The van der Waals surface area contributed by atoms with Gasteiger partial charge in [0.25, 0.3) is 0 Å². The predicted molar refractivity (Wildman–Crippen MR) is 286 cm³/mol. The summed E-state index contributed by atoms with van der Waals surface area (Å²) < 4.78 is 20.2. The third kappa shape index (κ3) is 5.08. The molecule has 0 atom stereocenters. The van der Waals surface area contributed by atoms with Crippen molar-refractivity contribution in [1.29, 1.82) is 0 Å². The van der Waals surface area contributed by atoms with E-state index < -0.39 is 10.8 Å². The molecule has 336 valence electrons. The summed E-state index contributed by atoms with van der Waals surface area (Å²) in [7, 11) is 0. The first-order valence-electron chi connectivity index (χ1n) is 24.6. The number of furan rings is 1. The zero-order chi connectivity index (χ0) is 47.1. The van der Waals surface area contributed by atoms with Crippen molar-refractivity contribution in [2.75, 3.05) is 4.90 Å². The second-order valence-corrected chi connectivity index (χ2v) is 19.3. The zero-order valence-corrected chi connectivity index (χ0v) is 38.7. The van der Waals surface area contributed by atoms with E-state index in [1.807, 2.05) is 18.3 Å². The van der Waals surface area contributed by atoms with Crippen LogP contribution in [0.15, 0.2) is 247 Å². The van der Waals surface area contributed by atoms with Gasteiger partial charge in [0.05, 0.1) is 39.5 Å². The van der Waals surface area contributed by atoms with Crippen LogP contribution in [0.4, 0.5) is 17.1 Å². The van der Waals surface area contributed by atoms with Crippen LogP contribution in [0.2, 0.25) is 0 Å². The molecule has 5 nitrogen and oxygen atoms in total. The smallest absolute Gasteiger partial charge is 0.137 e. The second-order valence-electron chi connectivity index (χ2n) is 19.3. The minimum atomic E-state index is -0.635. The molecule has 0 amide bonds. The van der Waals surface area contributed by atoms with E-state index in [1.165, 1.54) is 44.5 Å². The maximum atomic E-state index is 6.90. The van der Waals surface area contributed by atoms with Crippen LogP contribution in [-0.4, -0.2) is 4.98 Å². The lowest BCUT2D eigenvalue weighted by atomic mass is 9.66. The molecule has 0 fully saturated rings. The van der Waals surface area contributed by atoms with Gasteiger partial charge in [0.15, 0.2) is 0 Å². The molecule has 2 aromatic heterocycles. The lowest BCUT2D eigenvalue weighted by Crippen LogP contribution is -2.32. The summed E-state index contributed by atoms with van der Waals surface area (Å²) >= 11 is 0. The van der Waals surface area contributed by atoms with E-state index in [2.05, 4.69) is 229 Å². The molecule has 0 unspecified atom stereocenters. The molecule has 10 aromatic carbocycles. The Labute approximate surface area is 415 Å². The fourth-order valence-corrected chi connectivity index (χ4v) is 13.1. The van der Waals surface area contributed by atoms with Gasteiger partial charge in [-0.05, 0) is 123 Å². The monoisotopic (exact) mass is 920 g/mol. The third-order valence-corrected chi connectivity index (χ3v) is 15.9. The molecule has 0 radical (unpaired) electrons. The van der Waals surface area contributed by atoms with Gasteiger partial charge in [-0.3, -0.25) is 4.98 Å². The van der Waals surface area contributed by atoms with Crippen molar-refractivity contribution in [3.63, 3.8) is 0 Å². The van der Waals surface area contributed by atoms with Crippen LogP contribution in [0.25, 0.3) is 55.4 Å². The number of nitrogens with zero attached hydrogens (tertiary/aromatic N) is 2. The van der Waals surface area contributed by atoms with E-state index in [1.54, 1.807) is 0 Å². The Bertz CT molecular complexity index is 4170. The van der Waals surface area contributed by atoms with Gasteiger partial charge in [0.1, 0.15) is 34.2 Å². The SMILES string of the molecule is c1ccc2c(c1)Oc1ccc(-c3ccc(N(c4ccc5c(c4)C4(c6ccccc6O5)c5ccccc5-c5ccccc54)c4cccc5oc6ccccc6c45)cn3)cc1C21c2ccccc2-c2ccccc21. The van der Waals surface area contributed by atoms with Gasteiger partial charge >= 0.3 is 0 Å². The van der Waals surface area contributed by atoms with Gasteiger partial charge in [0.2, 0.25) is 0 Å². The lowest BCUT2D eigenvalue weighted by Gasteiger charge is -2.40. The molecule has 72 heavy (non-hydrogen) atoms. The molecular weight excluding hydrogens is 881 g/mol. The number of pyridine rings is 1. The first kappa shape index (κ1) is 39.4. The molecule has 0 N–H and O–H groups in total. The Morgan fingerprint density at radius 1 is 0.347 bits per heavy atom. The van der Waals surface area contributed by atoms with Gasteiger partial charge in [-0.2, -0.15) is 0 Å². The number of ether oxygens (including phenoxy) is 2. The number of anilines is 3. The minimum Gasteiger partial charge on any atom is -0.457 e. The van der Waals surface area contributed by atoms with E-state index in [9.17, 15) is 0 Å². The first-order valence-corrected chi connectivity index (χ1v) is 24.6. The van der Waals surface area contributed by atoms with Crippen LogP contribution < -0.4 is 14.4 Å². The van der Waals surface area contributed by atoms with Gasteiger partial charge < -0.3 is 18.8 Å². The lowest BCUT2D eigenvalue weighted by molar-refractivity contribution is 0.436. The normalized spacial score (nSPS) is 14.3. The molecule has 5 heteroatoms. The molecule has 12 aromatic rings. The Morgan fingerprint density at radius 2 is 0.819 bits per heavy atom. The molecule has 16 rings (SSSR count). The maximum absolute atomic E-state index is 6.90. The summed E-state index contributed by atoms with van der Waals surface area (Å²) in [6, 6.07) is 84.7. The van der Waals surface area contributed by atoms with Crippen molar-refractivity contribution in [2.45, 2.75) is 10.8 Å². The minimum absolute atomic E-state index is 0.579. The van der Waals surface area contributed by atoms with Crippen LogP contribution in [0.1, 0.15) is 44.5 Å². The quantitative estimate of drug-likeness (QED) is 0.176. The Hall–Kier alpha value is -9.45. The van der Waals surface area contributed by atoms with Crippen molar-refractivity contribution in [1.82, 2.24) is 4.98 Å². The molecule has 0 saturated carbocycles. The van der Waals surface area contributed by atoms with E-state index >= 15 is 0 Å². The molecule has 2 aliphatic heterocycles. The second kappa shape index (κ2) is 14.5. The van der Waals surface area contributed by atoms with Crippen LogP contribution >= 0.6 is 0 Å². The summed E-state index contributed by atoms with van der Waals surface area (Å²) in [4.78, 5) is 7.70. The summed E-state index contributed by atoms with van der Waals surface area (Å²) in [5.41, 5.74) is 19.5. The predicted octanol–water partition coefficient (Wildman–Crippen LogP) is 17.1. The van der Waals surface area contributed by atoms with Gasteiger partial charge in [-0.1, -0.05) is 158 Å². The number of fused-ring (bicyclic) bond motifs is 21. The molecule has 0 bridgehead atoms. The highest BCUT2D eigenvalue weighted by atomic mass is 16.5. The Kier molecular flexibility index (Phi) is 7.96.